The topological polar surface area (TPSA) is 17.1 Å². The highest BCUT2D eigenvalue weighted by atomic mass is 79.9. The Hall–Kier alpha value is -0.0800. The number of carbonyl (C=O) groups excluding carboxylic acids is 1. The van der Waals surface area contributed by atoms with Gasteiger partial charge in [-0.2, -0.15) is 0 Å². The van der Waals surface area contributed by atoms with Crippen molar-refractivity contribution in [3.05, 3.63) is 24.3 Å². The summed E-state index contributed by atoms with van der Waals surface area (Å²) >= 11 is 9.03. The Morgan fingerprint density at radius 1 is 1.60 bits per heavy atom. The molecule has 3 heteroatoms. The van der Waals surface area contributed by atoms with Crippen LogP contribution in [0.4, 0.5) is 0 Å². The first-order valence-electron chi connectivity index (χ1n) is 2.84. The third kappa shape index (κ3) is 1.32. The van der Waals surface area contributed by atoms with Gasteiger partial charge in [0, 0.05) is 0 Å². The fourth-order valence-electron chi connectivity index (χ4n) is 0.708. The average molecular weight is 221 g/mol. The van der Waals surface area contributed by atoms with Crippen LogP contribution in [0.15, 0.2) is 24.3 Å². The van der Waals surface area contributed by atoms with Gasteiger partial charge >= 0.3 is 0 Å². The SMILES string of the molecule is O=CC1(Br)C=CC=CC1Cl. The van der Waals surface area contributed by atoms with Gasteiger partial charge in [-0.15, -0.1) is 11.6 Å². The molecule has 0 fully saturated rings. The predicted molar refractivity (Wildman–Crippen MR) is 45.6 cm³/mol. The Balaban J connectivity index is 2.87. The molecule has 0 aromatic heterocycles. The van der Waals surface area contributed by atoms with Crippen LogP contribution in [0.25, 0.3) is 0 Å². The van der Waals surface area contributed by atoms with Crippen molar-refractivity contribution in [3.8, 4) is 0 Å². The van der Waals surface area contributed by atoms with Gasteiger partial charge in [-0.05, 0) is 0 Å². The van der Waals surface area contributed by atoms with Gasteiger partial charge in [0.05, 0.1) is 5.38 Å². The van der Waals surface area contributed by atoms with Gasteiger partial charge in [-0.1, -0.05) is 40.2 Å². The molecular formula is C7H6BrClO. The monoisotopic (exact) mass is 220 g/mol. The van der Waals surface area contributed by atoms with Crippen molar-refractivity contribution in [2.75, 3.05) is 0 Å². The van der Waals surface area contributed by atoms with Crippen LogP contribution in [0.3, 0.4) is 0 Å². The van der Waals surface area contributed by atoms with Crippen LogP contribution in [0.5, 0.6) is 0 Å². The van der Waals surface area contributed by atoms with E-state index in [1.807, 2.05) is 6.08 Å². The summed E-state index contributed by atoms with van der Waals surface area (Å²) in [6.45, 7) is 0. The summed E-state index contributed by atoms with van der Waals surface area (Å²) in [5.41, 5.74) is 0. The first-order chi connectivity index (χ1) is 4.69. The van der Waals surface area contributed by atoms with Crippen molar-refractivity contribution in [2.45, 2.75) is 9.70 Å². The average Bonchev–Trinajstić information content (AvgIpc) is 1.96. The molecule has 0 bridgehead atoms. The van der Waals surface area contributed by atoms with Crippen molar-refractivity contribution in [2.24, 2.45) is 0 Å². The van der Waals surface area contributed by atoms with Crippen molar-refractivity contribution in [1.29, 1.82) is 0 Å². The lowest BCUT2D eigenvalue weighted by Gasteiger charge is -2.21. The van der Waals surface area contributed by atoms with Crippen molar-refractivity contribution in [3.63, 3.8) is 0 Å². The highest BCUT2D eigenvalue weighted by molar-refractivity contribution is 9.10. The number of halogens is 2. The summed E-state index contributed by atoms with van der Waals surface area (Å²) in [5.74, 6) is 0. The Labute approximate surface area is 72.9 Å². The molecule has 0 aliphatic heterocycles. The summed E-state index contributed by atoms with van der Waals surface area (Å²) in [6, 6.07) is 0. The highest BCUT2D eigenvalue weighted by Crippen LogP contribution is 2.29. The van der Waals surface area contributed by atoms with Crippen LogP contribution < -0.4 is 0 Å². The second-order valence-corrected chi connectivity index (χ2v) is 3.93. The van der Waals surface area contributed by atoms with Gasteiger partial charge in [0.25, 0.3) is 0 Å². The third-order valence-electron chi connectivity index (χ3n) is 1.35. The van der Waals surface area contributed by atoms with E-state index in [2.05, 4.69) is 15.9 Å². The van der Waals surface area contributed by atoms with Crippen LogP contribution in [0.2, 0.25) is 0 Å². The largest absolute Gasteiger partial charge is 0.301 e. The maximum atomic E-state index is 10.5. The van der Waals surface area contributed by atoms with E-state index in [4.69, 9.17) is 11.6 Å². The molecule has 2 atom stereocenters. The minimum atomic E-state index is -0.691. The van der Waals surface area contributed by atoms with Crippen LogP contribution in [0.1, 0.15) is 0 Å². The molecule has 0 heterocycles. The van der Waals surface area contributed by atoms with E-state index in [9.17, 15) is 4.79 Å². The molecule has 1 nitrogen and oxygen atoms in total. The van der Waals surface area contributed by atoms with Gasteiger partial charge in [0.1, 0.15) is 10.6 Å². The Kier molecular flexibility index (Phi) is 2.32. The molecule has 0 spiro atoms. The van der Waals surface area contributed by atoms with Crippen LogP contribution in [0, 0.1) is 0 Å². The Morgan fingerprint density at radius 3 is 2.70 bits per heavy atom. The standard InChI is InChI=1S/C7H6BrClO/c8-7(5-10)4-2-1-3-6(7)9/h1-6H. The molecule has 1 aliphatic carbocycles. The molecule has 1 aliphatic rings. The number of aldehydes is 1. The molecule has 0 radical (unpaired) electrons. The number of allylic oxidation sites excluding steroid dienone is 4. The number of carbonyl (C=O) groups is 1. The molecule has 54 valence electrons. The zero-order valence-corrected chi connectivity index (χ0v) is 7.47. The maximum Gasteiger partial charge on any atom is 0.142 e. The Bertz CT molecular complexity index is 200. The molecule has 10 heavy (non-hydrogen) atoms. The van der Waals surface area contributed by atoms with Crippen molar-refractivity contribution >= 4 is 33.8 Å². The van der Waals surface area contributed by atoms with Crippen molar-refractivity contribution in [1.82, 2.24) is 0 Å². The summed E-state index contributed by atoms with van der Waals surface area (Å²) in [6.07, 6.45) is 7.91. The van der Waals surface area contributed by atoms with Crippen molar-refractivity contribution < 1.29 is 4.79 Å². The molecule has 0 aromatic rings. The molecule has 0 aromatic carbocycles. The molecule has 0 N–H and O–H groups in total. The summed E-state index contributed by atoms with van der Waals surface area (Å²) < 4.78 is -0.691. The van der Waals surface area contributed by atoms with Gasteiger partial charge in [0.2, 0.25) is 0 Å². The third-order valence-corrected chi connectivity index (χ3v) is 3.06. The van der Waals surface area contributed by atoms with E-state index in [1.54, 1.807) is 18.2 Å². The number of hydrogen-bond donors (Lipinski definition) is 0. The summed E-state index contributed by atoms with van der Waals surface area (Å²) in [4.78, 5) is 10.5. The van der Waals surface area contributed by atoms with Crippen LogP contribution in [-0.4, -0.2) is 16.0 Å². The maximum absolute atomic E-state index is 10.5. The first-order valence-corrected chi connectivity index (χ1v) is 4.07. The van der Waals surface area contributed by atoms with Crippen LogP contribution in [-0.2, 0) is 4.79 Å². The molecular weight excluding hydrogens is 215 g/mol. The summed E-state index contributed by atoms with van der Waals surface area (Å²) in [5, 5.41) is -0.282. The molecule has 0 saturated carbocycles. The summed E-state index contributed by atoms with van der Waals surface area (Å²) in [7, 11) is 0. The smallest absolute Gasteiger partial charge is 0.142 e. The lowest BCUT2D eigenvalue weighted by atomic mass is 10.0. The molecule has 0 saturated heterocycles. The number of alkyl halides is 2. The second kappa shape index (κ2) is 2.89. The van der Waals surface area contributed by atoms with Gasteiger partial charge in [-0.3, -0.25) is 0 Å². The van der Waals surface area contributed by atoms with E-state index in [0.717, 1.165) is 6.29 Å². The first kappa shape index (κ1) is 8.02. The fourth-order valence-corrected chi connectivity index (χ4v) is 1.22. The normalized spacial score (nSPS) is 38.0. The number of rotatable bonds is 1. The zero-order valence-electron chi connectivity index (χ0n) is 5.13. The predicted octanol–water partition coefficient (Wildman–Crippen LogP) is 2.05. The minimum Gasteiger partial charge on any atom is -0.301 e. The molecule has 2 unspecified atom stereocenters. The van der Waals surface area contributed by atoms with E-state index < -0.39 is 4.32 Å². The molecule has 0 amide bonds. The van der Waals surface area contributed by atoms with Gasteiger partial charge in [0.15, 0.2) is 0 Å². The van der Waals surface area contributed by atoms with Gasteiger partial charge < -0.3 is 4.79 Å². The lowest BCUT2D eigenvalue weighted by molar-refractivity contribution is -0.108. The van der Waals surface area contributed by atoms with E-state index in [0.29, 0.717) is 0 Å². The quantitative estimate of drug-likeness (QED) is 0.489. The van der Waals surface area contributed by atoms with E-state index >= 15 is 0 Å². The lowest BCUT2D eigenvalue weighted by Crippen LogP contribution is -2.31. The second-order valence-electron chi connectivity index (χ2n) is 2.09. The fraction of sp³-hybridized carbons (Fsp3) is 0.286. The van der Waals surface area contributed by atoms with E-state index in [1.165, 1.54) is 0 Å². The minimum absolute atomic E-state index is 0.282. The Morgan fingerprint density at radius 2 is 2.30 bits per heavy atom. The number of hydrogen-bond acceptors (Lipinski definition) is 1. The molecule has 1 rings (SSSR count). The van der Waals surface area contributed by atoms with Gasteiger partial charge in [-0.25, -0.2) is 0 Å². The zero-order chi connectivity index (χ0) is 7.61. The van der Waals surface area contributed by atoms with E-state index in [-0.39, 0.29) is 5.38 Å². The van der Waals surface area contributed by atoms with Crippen LogP contribution >= 0.6 is 27.5 Å². The highest BCUT2D eigenvalue weighted by Gasteiger charge is 2.31.